The molecular weight excluding hydrogens is 168 g/mol. The Kier molecular flexibility index (Phi) is 3.28. The summed E-state index contributed by atoms with van der Waals surface area (Å²) in [5.74, 6) is 5.25. The van der Waals surface area contributed by atoms with E-state index in [1.165, 1.54) is 0 Å². The zero-order chi connectivity index (χ0) is 9.68. The summed E-state index contributed by atoms with van der Waals surface area (Å²) in [6, 6.07) is 9.10. The number of para-hydroxylation sites is 1. The van der Waals surface area contributed by atoms with E-state index in [4.69, 9.17) is 10.6 Å². The van der Waals surface area contributed by atoms with Gasteiger partial charge in [-0.1, -0.05) is 18.2 Å². The van der Waals surface area contributed by atoms with E-state index in [2.05, 4.69) is 0 Å². The normalized spacial score (nSPS) is 11.8. The first-order valence-corrected chi connectivity index (χ1v) is 3.96. The Morgan fingerprint density at radius 2 is 2.08 bits per heavy atom. The molecule has 0 spiro atoms. The third kappa shape index (κ3) is 2.76. The number of hydrogen-bond donors (Lipinski definition) is 2. The van der Waals surface area contributed by atoms with Gasteiger partial charge in [0.1, 0.15) is 5.75 Å². The Hall–Kier alpha value is -1.55. The van der Waals surface area contributed by atoms with E-state index in [0.29, 0.717) is 5.75 Å². The van der Waals surface area contributed by atoms with Crippen molar-refractivity contribution >= 4 is 5.91 Å². The van der Waals surface area contributed by atoms with E-state index in [1.807, 2.05) is 23.6 Å². The Morgan fingerprint density at radius 3 is 2.62 bits per heavy atom. The van der Waals surface area contributed by atoms with Crippen LogP contribution in [0.4, 0.5) is 0 Å². The molecule has 13 heavy (non-hydrogen) atoms. The van der Waals surface area contributed by atoms with Crippen molar-refractivity contribution in [2.75, 3.05) is 0 Å². The summed E-state index contributed by atoms with van der Waals surface area (Å²) < 4.78 is 5.27. The Bertz CT molecular complexity index is 274. The SMILES string of the molecule is C[C@@H](Oc1ccccc1)C(=O)NN. The molecule has 1 aromatic carbocycles. The molecule has 0 bridgehead atoms. The van der Waals surface area contributed by atoms with E-state index in [-0.39, 0.29) is 5.91 Å². The Balaban J connectivity index is 2.55. The maximum absolute atomic E-state index is 11.0. The minimum atomic E-state index is -0.576. The topological polar surface area (TPSA) is 64.3 Å². The van der Waals surface area contributed by atoms with Crippen LogP contribution in [0.2, 0.25) is 0 Å². The van der Waals surface area contributed by atoms with Crippen LogP contribution in [0.5, 0.6) is 5.75 Å². The van der Waals surface area contributed by atoms with Gasteiger partial charge in [-0.3, -0.25) is 10.2 Å². The second-order valence-electron chi connectivity index (χ2n) is 2.58. The van der Waals surface area contributed by atoms with Crippen molar-refractivity contribution in [1.29, 1.82) is 0 Å². The summed E-state index contributed by atoms with van der Waals surface area (Å²) in [5.41, 5.74) is 2.02. The molecule has 0 heterocycles. The van der Waals surface area contributed by atoms with E-state index >= 15 is 0 Å². The van der Waals surface area contributed by atoms with Gasteiger partial charge in [-0.2, -0.15) is 0 Å². The maximum atomic E-state index is 11.0. The third-order valence-electron chi connectivity index (χ3n) is 1.57. The number of benzene rings is 1. The Morgan fingerprint density at radius 1 is 1.46 bits per heavy atom. The molecule has 0 unspecified atom stereocenters. The van der Waals surface area contributed by atoms with Crippen LogP contribution in [0.15, 0.2) is 30.3 Å². The average molecular weight is 180 g/mol. The summed E-state index contributed by atoms with van der Waals surface area (Å²) in [6.07, 6.45) is -0.576. The van der Waals surface area contributed by atoms with Gasteiger partial charge in [0, 0.05) is 0 Å². The highest BCUT2D eigenvalue weighted by atomic mass is 16.5. The van der Waals surface area contributed by atoms with Crippen molar-refractivity contribution in [1.82, 2.24) is 5.43 Å². The predicted octanol–water partition coefficient (Wildman–Crippen LogP) is 0.444. The number of rotatable bonds is 3. The fourth-order valence-corrected chi connectivity index (χ4v) is 0.874. The number of hydrazine groups is 1. The molecule has 4 heteroatoms. The van der Waals surface area contributed by atoms with E-state index in [0.717, 1.165) is 0 Å². The largest absolute Gasteiger partial charge is 0.481 e. The summed E-state index contributed by atoms with van der Waals surface area (Å²) in [4.78, 5) is 11.0. The van der Waals surface area contributed by atoms with Crippen LogP contribution in [-0.2, 0) is 4.79 Å². The first kappa shape index (κ1) is 9.54. The molecule has 0 fully saturated rings. The maximum Gasteiger partial charge on any atom is 0.274 e. The number of hydrogen-bond acceptors (Lipinski definition) is 3. The van der Waals surface area contributed by atoms with Gasteiger partial charge in [-0.15, -0.1) is 0 Å². The zero-order valence-electron chi connectivity index (χ0n) is 7.36. The third-order valence-corrected chi connectivity index (χ3v) is 1.57. The number of nitrogens with two attached hydrogens (primary N) is 1. The number of amides is 1. The molecule has 4 nitrogen and oxygen atoms in total. The number of nitrogens with one attached hydrogen (secondary N) is 1. The Labute approximate surface area is 76.7 Å². The molecule has 1 aromatic rings. The fourth-order valence-electron chi connectivity index (χ4n) is 0.874. The highest BCUT2D eigenvalue weighted by molar-refractivity contribution is 5.79. The van der Waals surface area contributed by atoms with Crippen molar-refractivity contribution in [3.05, 3.63) is 30.3 Å². The first-order valence-electron chi connectivity index (χ1n) is 3.96. The lowest BCUT2D eigenvalue weighted by Gasteiger charge is -2.12. The van der Waals surface area contributed by atoms with Crippen molar-refractivity contribution in [3.8, 4) is 5.75 Å². The van der Waals surface area contributed by atoms with Crippen LogP contribution < -0.4 is 16.0 Å². The molecule has 0 aliphatic rings. The smallest absolute Gasteiger partial charge is 0.274 e. The van der Waals surface area contributed by atoms with Gasteiger partial charge in [0.25, 0.3) is 5.91 Å². The molecule has 70 valence electrons. The molecular formula is C9H12N2O2. The molecule has 0 radical (unpaired) electrons. The summed E-state index contributed by atoms with van der Waals surface area (Å²) in [6.45, 7) is 1.63. The van der Waals surface area contributed by atoms with E-state index in [1.54, 1.807) is 19.1 Å². The molecule has 0 aliphatic heterocycles. The van der Waals surface area contributed by atoms with Crippen molar-refractivity contribution in [2.45, 2.75) is 13.0 Å². The highest BCUT2D eigenvalue weighted by Gasteiger charge is 2.11. The molecule has 0 aromatic heterocycles. The van der Waals surface area contributed by atoms with Crippen molar-refractivity contribution in [3.63, 3.8) is 0 Å². The summed E-state index contributed by atoms with van der Waals surface area (Å²) >= 11 is 0. The molecule has 0 saturated carbocycles. The van der Waals surface area contributed by atoms with Crippen LogP contribution in [0, 0.1) is 0 Å². The lowest BCUT2D eigenvalue weighted by molar-refractivity contribution is -0.127. The minimum Gasteiger partial charge on any atom is -0.481 e. The fraction of sp³-hybridized carbons (Fsp3) is 0.222. The molecule has 0 aliphatic carbocycles. The van der Waals surface area contributed by atoms with Gasteiger partial charge in [-0.25, -0.2) is 5.84 Å². The van der Waals surface area contributed by atoms with Crippen LogP contribution in [-0.4, -0.2) is 12.0 Å². The van der Waals surface area contributed by atoms with Gasteiger partial charge >= 0.3 is 0 Å². The average Bonchev–Trinajstić information content (AvgIpc) is 2.18. The van der Waals surface area contributed by atoms with Crippen LogP contribution in [0.25, 0.3) is 0 Å². The van der Waals surface area contributed by atoms with Gasteiger partial charge in [0.2, 0.25) is 0 Å². The lowest BCUT2D eigenvalue weighted by Crippen LogP contribution is -2.40. The van der Waals surface area contributed by atoms with E-state index in [9.17, 15) is 4.79 Å². The van der Waals surface area contributed by atoms with Gasteiger partial charge in [0.05, 0.1) is 0 Å². The lowest BCUT2D eigenvalue weighted by atomic mass is 10.3. The number of ether oxygens (including phenoxy) is 1. The second-order valence-corrected chi connectivity index (χ2v) is 2.58. The zero-order valence-corrected chi connectivity index (χ0v) is 7.36. The number of carbonyl (C=O) groups is 1. The quantitative estimate of drug-likeness (QED) is 0.403. The van der Waals surface area contributed by atoms with Crippen molar-refractivity contribution in [2.24, 2.45) is 5.84 Å². The highest BCUT2D eigenvalue weighted by Crippen LogP contribution is 2.10. The molecule has 1 atom stereocenters. The predicted molar refractivity (Wildman–Crippen MR) is 48.9 cm³/mol. The summed E-state index contributed by atoms with van der Waals surface area (Å²) in [7, 11) is 0. The molecule has 1 rings (SSSR count). The summed E-state index contributed by atoms with van der Waals surface area (Å²) in [5, 5.41) is 0. The van der Waals surface area contributed by atoms with Crippen LogP contribution >= 0.6 is 0 Å². The van der Waals surface area contributed by atoms with Crippen LogP contribution in [0.1, 0.15) is 6.92 Å². The first-order chi connectivity index (χ1) is 6.24. The van der Waals surface area contributed by atoms with Crippen LogP contribution in [0.3, 0.4) is 0 Å². The van der Waals surface area contributed by atoms with Gasteiger partial charge < -0.3 is 4.74 Å². The monoisotopic (exact) mass is 180 g/mol. The number of carbonyl (C=O) groups excluding carboxylic acids is 1. The second kappa shape index (κ2) is 4.47. The minimum absolute atomic E-state index is 0.344. The molecule has 1 amide bonds. The van der Waals surface area contributed by atoms with Gasteiger partial charge in [0.15, 0.2) is 6.10 Å². The van der Waals surface area contributed by atoms with Gasteiger partial charge in [-0.05, 0) is 19.1 Å². The standard InChI is InChI=1S/C9H12N2O2/c1-7(9(12)11-10)13-8-5-3-2-4-6-8/h2-7H,10H2,1H3,(H,11,12)/t7-/m1/s1. The molecule has 0 saturated heterocycles. The van der Waals surface area contributed by atoms with E-state index < -0.39 is 6.10 Å². The van der Waals surface area contributed by atoms with Crippen molar-refractivity contribution < 1.29 is 9.53 Å². The molecule has 3 N–H and O–H groups in total.